The highest BCUT2D eigenvalue weighted by Gasteiger charge is 2.31. The van der Waals surface area contributed by atoms with Crippen LogP contribution in [0.1, 0.15) is 18.4 Å². The minimum absolute atomic E-state index is 0.0493. The number of nitrogens with one attached hydrogen (secondary N) is 2. The average Bonchev–Trinajstić information content (AvgIpc) is 2.94. The van der Waals surface area contributed by atoms with Crippen molar-refractivity contribution in [3.05, 3.63) is 29.8 Å². The fourth-order valence-corrected chi connectivity index (χ4v) is 2.53. The van der Waals surface area contributed by atoms with Crippen molar-refractivity contribution in [3.63, 3.8) is 0 Å². The zero-order valence-corrected chi connectivity index (χ0v) is 11.9. The number of nitrogens with zero attached hydrogens (tertiary/aromatic N) is 2. The van der Waals surface area contributed by atoms with Crippen molar-refractivity contribution < 1.29 is 9.59 Å². The van der Waals surface area contributed by atoms with Crippen LogP contribution in [0.25, 0.3) is 0 Å². The number of benzene rings is 1. The highest BCUT2D eigenvalue weighted by molar-refractivity contribution is 5.93. The summed E-state index contributed by atoms with van der Waals surface area (Å²) in [5.74, 6) is -0.229. The molecular weight excluding hydrogens is 268 g/mol. The Morgan fingerprint density at radius 3 is 3.00 bits per heavy atom. The van der Waals surface area contributed by atoms with E-state index in [1.807, 2.05) is 11.0 Å². The standard InChI is InChI=1S/C15H18N4O2/c1-17-15(21)13-6-3-7-19(13)10-14(20)18-12-5-2-4-11(8-12)9-16/h2,4-5,8,13H,3,6-7,10H2,1H3,(H,17,21)(H,18,20). The smallest absolute Gasteiger partial charge is 0.238 e. The van der Waals surface area contributed by atoms with Crippen molar-refractivity contribution in [2.75, 3.05) is 25.5 Å². The molecule has 2 N–H and O–H groups in total. The first kappa shape index (κ1) is 15.0. The molecule has 1 unspecified atom stereocenters. The average molecular weight is 286 g/mol. The molecule has 6 heteroatoms. The number of likely N-dealkylation sites (N-methyl/N-ethyl adjacent to an activating group) is 1. The van der Waals surface area contributed by atoms with E-state index < -0.39 is 0 Å². The Morgan fingerprint density at radius 1 is 1.48 bits per heavy atom. The fraction of sp³-hybridized carbons (Fsp3) is 0.400. The molecule has 6 nitrogen and oxygen atoms in total. The van der Waals surface area contributed by atoms with Crippen molar-refractivity contribution in [1.29, 1.82) is 5.26 Å². The van der Waals surface area contributed by atoms with Gasteiger partial charge in [0.15, 0.2) is 0 Å². The van der Waals surface area contributed by atoms with Crippen LogP contribution in [0, 0.1) is 11.3 Å². The molecular formula is C15H18N4O2. The van der Waals surface area contributed by atoms with Gasteiger partial charge < -0.3 is 10.6 Å². The first-order valence-corrected chi connectivity index (χ1v) is 6.89. The third-order valence-corrected chi connectivity index (χ3v) is 3.53. The normalized spacial score (nSPS) is 18.0. The van der Waals surface area contributed by atoms with Crippen molar-refractivity contribution in [1.82, 2.24) is 10.2 Å². The van der Waals surface area contributed by atoms with Crippen LogP contribution in [0.3, 0.4) is 0 Å². The Hall–Kier alpha value is -2.39. The van der Waals surface area contributed by atoms with E-state index in [0.29, 0.717) is 11.3 Å². The van der Waals surface area contributed by atoms with E-state index in [0.717, 1.165) is 19.4 Å². The molecule has 0 bridgehead atoms. The molecule has 0 spiro atoms. The van der Waals surface area contributed by atoms with E-state index in [1.54, 1.807) is 31.3 Å². The second-order valence-corrected chi connectivity index (χ2v) is 4.98. The number of hydrogen-bond donors (Lipinski definition) is 2. The van der Waals surface area contributed by atoms with Crippen LogP contribution in [0.4, 0.5) is 5.69 Å². The first-order valence-electron chi connectivity index (χ1n) is 6.89. The second kappa shape index (κ2) is 6.86. The van der Waals surface area contributed by atoms with E-state index in [1.165, 1.54) is 0 Å². The van der Waals surface area contributed by atoms with Crippen LogP contribution in [0.5, 0.6) is 0 Å². The molecule has 1 aromatic carbocycles. The number of nitriles is 1. The molecule has 1 aliphatic heterocycles. The summed E-state index contributed by atoms with van der Waals surface area (Å²) in [4.78, 5) is 25.7. The summed E-state index contributed by atoms with van der Waals surface area (Å²) >= 11 is 0. The molecule has 0 aromatic heterocycles. The van der Waals surface area contributed by atoms with Crippen LogP contribution < -0.4 is 10.6 Å². The maximum atomic E-state index is 12.1. The number of carbonyl (C=O) groups is 2. The lowest BCUT2D eigenvalue weighted by Crippen LogP contribution is -2.45. The Labute approximate surface area is 123 Å². The van der Waals surface area contributed by atoms with Gasteiger partial charge in [-0.25, -0.2) is 0 Å². The Bertz CT molecular complexity index is 579. The number of rotatable bonds is 4. The van der Waals surface area contributed by atoms with E-state index in [4.69, 9.17) is 5.26 Å². The second-order valence-electron chi connectivity index (χ2n) is 4.98. The Kier molecular flexibility index (Phi) is 4.90. The van der Waals surface area contributed by atoms with Gasteiger partial charge in [0, 0.05) is 12.7 Å². The van der Waals surface area contributed by atoms with Gasteiger partial charge in [0.2, 0.25) is 11.8 Å². The third-order valence-electron chi connectivity index (χ3n) is 3.53. The summed E-state index contributed by atoms with van der Waals surface area (Å²) in [6, 6.07) is 8.55. The fourth-order valence-electron chi connectivity index (χ4n) is 2.53. The van der Waals surface area contributed by atoms with Crippen LogP contribution in [0.2, 0.25) is 0 Å². The molecule has 0 aliphatic carbocycles. The quantitative estimate of drug-likeness (QED) is 0.853. The van der Waals surface area contributed by atoms with Gasteiger partial charge in [-0.3, -0.25) is 14.5 Å². The largest absolute Gasteiger partial charge is 0.358 e. The topological polar surface area (TPSA) is 85.2 Å². The summed E-state index contributed by atoms with van der Waals surface area (Å²) in [7, 11) is 1.60. The first-order chi connectivity index (χ1) is 10.1. The monoisotopic (exact) mass is 286 g/mol. The minimum atomic E-state index is -0.230. The SMILES string of the molecule is CNC(=O)C1CCCN1CC(=O)Nc1cccc(C#N)c1. The molecule has 2 rings (SSSR count). The van der Waals surface area contributed by atoms with Gasteiger partial charge in [0.1, 0.15) is 0 Å². The summed E-state index contributed by atoms with van der Waals surface area (Å²) in [6.45, 7) is 0.915. The molecule has 1 heterocycles. The molecule has 1 atom stereocenters. The van der Waals surface area contributed by atoms with Crippen molar-refractivity contribution in [2.24, 2.45) is 0 Å². The number of hydrogen-bond acceptors (Lipinski definition) is 4. The molecule has 0 radical (unpaired) electrons. The van der Waals surface area contributed by atoms with Crippen molar-refractivity contribution >= 4 is 17.5 Å². The number of anilines is 1. The van der Waals surface area contributed by atoms with E-state index in [2.05, 4.69) is 10.6 Å². The van der Waals surface area contributed by atoms with Crippen LogP contribution in [-0.4, -0.2) is 42.9 Å². The van der Waals surface area contributed by atoms with Crippen LogP contribution in [-0.2, 0) is 9.59 Å². The molecule has 2 amide bonds. The molecule has 110 valence electrons. The van der Waals surface area contributed by atoms with Gasteiger partial charge in [-0.2, -0.15) is 5.26 Å². The zero-order valence-electron chi connectivity index (χ0n) is 11.9. The molecule has 1 saturated heterocycles. The maximum absolute atomic E-state index is 12.1. The summed E-state index contributed by atoms with van der Waals surface area (Å²) in [5, 5.41) is 14.2. The molecule has 21 heavy (non-hydrogen) atoms. The number of amides is 2. The third kappa shape index (κ3) is 3.80. The lowest BCUT2D eigenvalue weighted by molar-refractivity contribution is -0.126. The van der Waals surface area contributed by atoms with Crippen molar-refractivity contribution in [2.45, 2.75) is 18.9 Å². The lowest BCUT2D eigenvalue weighted by Gasteiger charge is -2.22. The number of carbonyl (C=O) groups excluding carboxylic acids is 2. The summed E-state index contributed by atoms with van der Waals surface area (Å²) < 4.78 is 0. The van der Waals surface area contributed by atoms with Crippen molar-refractivity contribution in [3.8, 4) is 6.07 Å². The van der Waals surface area contributed by atoms with Gasteiger partial charge in [-0.15, -0.1) is 0 Å². The maximum Gasteiger partial charge on any atom is 0.238 e. The molecule has 1 aliphatic rings. The van der Waals surface area contributed by atoms with Gasteiger partial charge in [-0.05, 0) is 37.6 Å². The Morgan fingerprint density at radius 2 is 2.29 bits per heavy atom. The van der Waals surface area contributed by atoms with Crippen LogP contribution >= 0.6 is 0 Å². The predicted octanol–water partition coefficient (Wildman–Crippen LogP) is 0.707. The van der Waals surface area contributed by atoms with Gasteiger partial charge in [0.25, 0.3) is 0 Å². The van der Waals surface area contributed by atoms with E-state index >= 15 is 0 Å². The predicted molar refractivity (Wildman–Crippen MR) is 78.4 cm³/mol. The summed E-state index contributed by atoms with van der Waals surface area (Å²) in [6.07, 6.45) is 1.69. The molecule has 0 saturated carbocycles. The highest BCUT2D eigenvalue weighted by atomic mass is 16.2. The van der Waals surface area contributed by atoms with Gasteiger partial charge >= 0.3 is 0 Å². The zero-order chi connectivity index (χ0) is 15.2. The lowest BCUT2D eigenvalue weighted by atomic mass is 10.2. The molecule has 1 aromatic rings. The summed E-state index contributed by atoms with van der Waals surface area (Å²) in [5.41, 5.74) is 1.09. The van der Waals surface area contributed by atoms with Crippen LogP contribution in [0.15, 0.2) is 24.3 Å². The van der Waals surface area contributed by atoms with Gasteiger partial charge in [-0.1, -0.05) is 6.07 Å². The Balaban J connectivity index is 1.95. The van der Waals surface area contributed by atoms with E-state index in [9.17, 15) is 9.59 Å². The van der Waals surface area contributed by atoms with Gasteiger partial charge in [0.05, 0.1) is 24.2 Å². The van der Waals surface area contributed by atoms with E-state index in [-0.39, 0.29) is 24.4 Å². The molecule has 1 fully saturated rings. The highest BCUT2D eigenvalue weighted by Crippen LogP contribution is 2.17. The minimum Gasteiger partial charge on any atom is -0.358 e. The number of likely N-dealkylation sites (tertiary alicyclic amines) is 1.